The number of aliphatic hydroxyl groups excluding tert-OH is 2. The molecule has 11 amide bonds. The van der Waals surface area contributed by atoms with E-state index in [0.717, 1.165) is 14.7 Å². The molecule has 0 aromatic carbocycles. The van der Waals surface area contributed by atoms with Crippen molar-refractivity contribution in [3.63, 3.8) is 0 Å². The second-order valence-corrected chi connectivity index (χ2v) is 26.5. The fraction of sp³-hybridized carbons (Fsp3) is 0.794. The maximum absolute atomic E-state index is 15.2. The van der Waals surface area contributed by atoms with Crippen molar-refractivity contribution >= 4 is 65.0 Å². The summed E-state index contributed by atoms with van der Waals surface area (Å²) in [6, 6.07) is -13.2. The Balaban J connectivity index is 4.39. The van der Waals surface area contributed by atoms with Gasteiger partial charge in [-0.2, -0.15) is 0 Å². The van der Waals surface area contributed by atoms with E-state index >= 15 is 9.59 Å². The highest BCUT2D eigenvalue weighted by molar-refractivity contribution is 5.99. The standard InChI is InChI=1S/C63H113N11O13/c1-25-27-28-40(14)53(77)52-57(81)67-50(43(17)75)61(85)68(18)33-48(76)69(19)44(29-34(3)4)56(80)66-49(39(13)26-2)62(86)70(20)45(30-35(5)6)55(79)64-41(15)54(78)65-42(16)58(82)71(21)46(31-36(7)8)59(83)72(22)47(32-37(9)10)60(84)73(23)51(38(11)12)63(87)74(52)24/h25,27,34-47,49-53,75,77H,26,28-33H2,1-24H3,(H,64,79)(H,65,78)(H,66,80)(H,67,81)/b27-25+/t39-,40+,41-,42+,43+,44+,45+,46-,47-,49-,50-,51-,52-,53+/m0/s1. The van der Waals surface area contributed by atoms with Crippen molar-refractivity contribution in [3.8, 4) is 0 Å². The van der Waals surface area contributed by atoms with E-state index in [9.17, 15) is 53.4 Å². The third-order valence-corrected chi connectivity index (χ3v) is 16.6. The summed E-state index contributed by atoms with van der Waals surface area (Å²) in [6.07, 6.45) is 1.52. The molecular weight excluding hydrogens is 1120 g/mol. The number of hydrogen-bond acceptors (Lipinski definition) is 13. The van der Waals surface area contributed by atoms with Crippen LogP contribution in [-0.4, -0.2) is 238 Å². The Kier molecular flexibility index (Phi) is 32.4. The lowest BCUT2D eigenvalue weighted by atomic mass is 9.91. The first-order valence-electron chi connectivity index (χ1n) is 31.2. The molecule has 1 saturated heterocycles. The van der Waals surface area contributed by atoms with Gasteiger partial charge < -0.3 is 65.8 Å². The first kappa shape index (κ1) is 78.8. The van der Waals surface area contributed by atoms with Crippen molar-refractivity contribution in [1.29, 1.82) is 0 Å². The topological polar surface area (TPSA) is 299 Å². The van der Waals surface area contributed by atoms with E-state index in [4.69, 9.17) is 0 Å². The lowest BCUT2D eigenvalue weighted by Crippen LogP contribution is -2.64. The monoisotopic (exact) mass is 1230 g/mol. The summed E-state index contributed by atoms with van der Waals surface area (Å²) >= 11 is 0. The van der Waals surface area contributed by atoms with Gasteiger partial charge in [0.25, 0.3) is 0 Å². The van der Waals surface area contributed by atoms with Crippen LogP contribution in [0.3, 0.4) is 0 Å². The molecule has 1 heterocycles. The molecule has 0 radical (unpaired) electrons. The van der Waals surface area contributed by atoms with Crippen molar-refractivity contribution in [2.45, 2.75) is 229 Å². The van der Waals surface area contributed by atoms with Crippen LogP contribution in [0.15, 0.2) is 12.2 Å². The van der Waals surface area contributed by atoms with Crippen molar-refractivity contribution in [2.24, 2.45) is 41.4 Å². The molecule has 0 unspecified atom stereocenters. The number of carbonyl (C=O) groups is 11. The van der Waals surface area contributed by atoms with E-state index < -0.39 is 162 Å². The summed E-state index contributed by atoms with van der Waals surface area (Å²) in [4.78, 5) is 169. The van der Waals surface area contributed by atoms with Gasteiger partial charge in [-0.15, -0.1) is 0 Å². The average Bonchev–Trinajstić information content (AvgIpc) is 3.50. The molecule has 87 heavy (non-hydrogen) atoms. The quantitative estimate of drug-likeness (QED) is 0.121. The average molecular weight is 1230 g/mol. The van der Waals surface area contributed by atoms with Crippen LogP contribution in [0.5, 0.6) is 0 Å². The van der Waals surface area contributed by atoms with Gasteiger partial charge in [0.15, 0.2) is 0 Å². The summed E-state index contributed by atoms with van der Waals surface area (Å²) in [7, 11) is 9.66. The molecule has 0 aliphatic carbocycles. The van der Waals surface area contributed by atoms with E-state index in [0.29, 0.717) is 6.42 Å². The Morgan fingerprint density at radius 2 is 0.862 bits per heavy atom. The zero-order valence-electron chi connectivity index (χ0n) is 57.1. The molecule has 0 bridgehead atoms. The van der Waals surface area contributed by atoms with Gasteiger partial charge in [0.2, 0.25) is 65.0 Å². The number of aliphatic hydroxyl groups is 2. The number of likely N-dealkylation sites (N-methyl/N-ethyl adjacent to an activating group) is 7. The van der Waals surface area contributed by atoms with Crippen molar-refractivity contribution in [3.05, 3.63) is 12.2 Å². The van der Waals surface area contributed by atoms with Gasteiger partial charge in [-0.05, 0) is 101 Å². The summed E-state index contributed by atoms with van der Waals surface area (Å²) < 4.78 is 0. The molecule has 0 spiro atoms. The number of nitrogens with one attached hydrogen (secondary N) is 4. The minimum absolute atomic E-state index is 0.116. The highest BCUT2D eigenvalue weighted by atomic mass is 16.3. The van der Waals surface area contributed by atoms with Crippen LogP contribution in [0.4, 0.5) is 0 Å². The maximum atomic E-state index is 15.2. The summed E-state index contributed by atoms with van der Waals surface area (Å²) in [5.74, 6) is -10.6. The Hall–Kier alpha value is -6.17. The molecule has 6 N–H and O–H groups in total. The van der Waals surface area contributed by atoms with E-state index in [-0.39, 0.29) is 55.8 Å². The van der Waals surface area contributed by atoms with Crippen LogP contribution in [0.2, 0.25) is 0 Å². The summed E-state index contributed by atoms with van der Waals surface area (Å²) in [6.45, 7) is 28.7. The van der Waals surface area contributed by atoms with Gasteiger partial charge in [-0.3, -0.25) is 52.7 Å². The molecular formula is C63H113N11O13. The Bertz CT molecular complexity index is 2380. The molecule has 0 aromatic rings. The van der Waals surface area contributed by atoms with Gasteiger partial charge >= 0.3 is 0 Å². The number of rotatable bonds is 16. The maximum Gasteiger partial charge on any atom is 0.248 e. The van der Waals surface area contributed by atoms with Crippen LogP contribution < -0.4 is 21.3 Å². The number of hydrogen-bond donors (Lipinski definition) is 6. The van der Waals surface area contributed by atoms with Crippen LogP contribution in [0, 0.1) is 41.4 Å². The summed E-state index contributed by atoms with van der Waals surface area (Å²) in [5.41, 5.74) is 0. The molecule has 14 atom stereocenters. The Morgan fingerprint density at radius 1 is 0.460 bits per heavy atom. The molecule has 498 valence electrons. The van der Waals surface area contributed by atoms with Crippen molar-refractivity contribution in [1.82, 2.24) is 55.6 Å². The Morgan fingerprint density at radius 3 is 1.31 bits per heavy atom. The highest BCUT2D eigenvalue weighted by Crippen LogP contribution is 2.26. The smallest absolute Gasteiger partial charge is 0.248 e. The molecule has 0 saturated carbocycles. The van der Waals surface area contributed by atoms with Crippen LogP contribution >= 0.6 is 0 Å². The predicted molar refractivity (Wildman–Crippen MR) is 334 cm³/mol. The number of nitrogens with zero attached hydrogens (tertiary/aromatic N) is 7. The molecule has 1 fully saturated rings. The van der Waals surface area contributed by atoms with Gasteiger partial charge in [-0.25, -0.2) is 0 Å². The largest absolute Gasteiger partial charge is 0.391 e. The van der Waals surface area contributed by atoms with Gasteiger partial charge in [0.05, 0.1) is 18.8 Å². The first-order valence-corrected chi connectivity index (χ1v) is 31.2. The molecule has 24 heteroatoms. The minimum Gasteiger partial charge on any atom is -0.391 e. The molecule has 1 aliphatic rings. The van der Waals surface area contributed by atoms with Crippen LogP contribution in [-0.2, 0) is 52.7 Å². The normalized spacial score (nSPS) is 27.3. The second kappa shape index (κ2) is 35.7. The number of allylic oxidation sites excluding steroid dienone is 2. The Labute approximate surface area is 520 Å². The van der Waals surface area contributed by atoms with Crippen LogP contribution in [0.1, 0.15) is 156 Å². The van der Waals surface area contributed by atoms with Gasteiger partial charge in [0.1, 0.15) is 60.4 Å². The number of carbonyl (C=O) groups excluding carboxylic acids is 11. The summed E-state index contributed by atoms with van der Waals surface area (Å²) in [5, 5.41) is 34.1. The second-order valence-electron chi connectivity index (χ2n) is 26.5. The van der Waals surface area contributed by atoms with Crippen molar-refractivity contribution in [2.75, 3.05) is 55.9 Å². The highest BCUT2D eigenvalue weighted by Gasteiger charge is 2.46. The lowest BCUT2D eigenvalue weighted by molar-refractivity contribution is -0.157. The SMILES string of the molecule is C/C=C/C[C@@H](C)[C@@H](O)[C@H]1C(=O)N[C@@H]([C@@H](C)O)C(=O)N(C)CC(=O)N(C)[C@H](CC(C)C)C(=O)N[C@@H]([C@@H](C)CC)C(=O)N(C)[C@H](CC(C)C)C(=O)N[C@@H](C)C(=O)N[C@H](C)C(=O)N(C)[C@@H](CC(C)C)C(=O)N(C)[C@@H](CC(C)C)C(=O)N(C)[C@@H](C(C)C)C(=O)N1C. The van der Waals surface area contributed by atoms with Crippen molar-refractivity contribution < 1.29 is 63.0 Å². The van der Waals surface area contributed by atoms with E-state index in [2.05, 4.69) is 21.3 Å². The fourth-order valence-corrected chi connectivity index (χ4v) is 10.9. The lowest BCUT2D eigenvalue weighted by Gasteiger charge is -2.41. The fourth-order valence-electron chi connectivity index (χ4n) is 10.9. The minimum atomic E-state index is -1.74. The third-order valence-electron chi connectivity index (χ3n) is 16.6. The molecule has 1 aliphatic heterocycles. The van der Waals surface area contributed by atoms with Crippen LogP contribution in [0.25, 0.3) is 0 Å². The third kappa shape index (κ3) is 22.1. The molecule has 24 nitrogen and oxygen atoms in total. The number of amides is 11. The molecule has 0 aromatic heterocycles. The zero-order valence-corrected chi connectivity index (χ0v) is 57.1. The van der Waals surface area contributed by atoms with Gasteiger partial charge in [-0.1, -0.05) is 109 Å². The van der Waals surface area contributed by atoms with E-state index in [1.807, 2.05) is 62.3 Å². The predicted octanol–water partition coefficient (Wildman–Crippen LogP) is 2.63. The molecule has 1 rings (SSSR count). The van der Waals surface area contributed by atoms with E-state index in [1.54, 1.807) is 46.8 Å². The van der Waals surface area contributed by atoms with E-state index in [1.165, 1.54) is 89.7 Å². The van der Waals surface area contributed by atoms with Gasteiger partial charge in [0, 0.05) is 49.3 Å². The zero-order chi connectivity index (χ0) is 67.6. The first-order chi connectivity index (χ1) is 40.1.